The van der Waals surface area contributed by atoms with Crippen LogP contribution in [-0.4, -0.2) is 51.3 Å². The second kappa shape index (κ2) is 10.6. The van der Waals surface area contributed by atoms with Crippen molar-refractivity contribution >= 4 is 62.7 Å². The number of rotatable bonds is 7. The number of pyridine rings is 1. The number of hydrogen-bond acceptors (Lipinski definition) is 8. The largest absolute Gasteiger partial charge is 0.488 e. The lowest BCUT2D eigenvalue weighted by Crippen LogP contribution is -2.52. The highest BCUT2D eigenvalue weighted by molar-refractivity contribution is 7.18. The molecular formula is C26H26ClFN6O5S. The number of fused-ring (bicyclic) bond motifs is 2. The fourth-order valence-electron chi connectivity index (χ4n) is 4.58. The quantitative estimate of drug-likeness (QED) is 0.353. The molecule has 11 nitrogen and oxygen atoms in total. The highest BCUT2D eigenvalue weighted by Gasteiger charge is 2.40. The molecule has 0 aliphatic carbocycles. The molecule has 3 N–H and O–H groups in total. The van der Waals surface area contributed by atoms with Crippen molar-refractivity contribution in [1.82, 2.24) is 25.5 Å². The van der Waals surface area contributed by atoms with Gasteiger partial charge in [-0.2, -0.15) is 0 Å². The van der Waals surface area contributed by atoms with E-state index in [4.69, 9.17) is 16.3 Å². The number of halogens is 2. The first-order valence-electron chi connectivity index (χ1n) is 12.6. The molecular weight excluding hydrogens is 563 g/mol. The Morgan fingerprint density at radius 1 is 1.30 bits per heavy atom. The summed E-state index contributed by atoms with van der Waals surface area (Å²) in [7, 11) is 0. The maximum absolute atomic E-state index is 14.7. The first kappa shape index (κ1) is 27.7. The molecule has 5 rings (SSSR count). The number of piperidine rings is 1. The molecule has 3 aromatic rings. The lowest BCUT2D eigenvalue weighted by molar-refractivity contribution is -0.136. The summed E-state index contributed by atoms with van der Waals surface area (Å²) in [5.74, 6) is -1.73. The van der Waals surface area contributed by atoms with Crippen molar-refractivity contribution in [2.75, 3.05) is 11.9 Å². The first-order valence-corrected chi connectivity index (χ1v) is 13.8. The van der Waals surface area contributed by atoms with Gasteiger partial charge in [0.05, 0.1) is 39.7 Å². The molecule has 1 atom stereocenters. The van der Waals surface area contributed by atoms with Gasteiger partial charge >= 0.3 is 6.03 Å². The predicted octanol–water partition coefficient (Wildman–Crippen LogP) is 4.09. The van der Waals surface area contributed by atoms with Crippen molar-refractivity contribution in [3.05, 3.63) is 45.3 Å². The topological polar surface area (TPSA) is 143 Å². The van der Waals surface area contributed by atoms with Crippen molar-refractivity contribution in [2.45, 2.75) is 58.2 Å². The van der Waals surface area contributed by atoms with Crippen LogP contribution < -0.4 is 20.7 Å². The number of ether oxygens (including phenoxy) is 1. The smallest absolute Gasteiger partial charge is 0.321 e. The van der Waals surface area contributed by atoms with Gasteiger partial charge in [0, 0.05) is 6.42 Å². The average molecular weight is 589 g/mol. The normalized spacial score (nSPS) is 17.2. The maximum Gasteiger partial charge on any atom is 0.321 e. The number of carbonyl (C=O) groups excluding carboxylic acids is 4. The number of benzene rings is 1. The van der Waals surface area contributed by atoms with Gasteiger partial charge in [-0.15, -0.1) is 11.3 Å². The van der Waals surface area contributed by atoms with Gasteiger partial charge in [0.25, 0.3) is 5.91 Å². The maximum atomic E-state index is 14.7. The highest BCUT2D eigenvalue weighted by atomic mass is 35.5. The van der Waals surface area contributed by atoms with Crippen LogP contribution in [0.3, 0.4) is 0 Å². The fraction of sp³-hybridized carbons (Fsp3) is 0.385. The Bertz CT molecular complexity index is 1560. The number of imide groups is 1. The lowest BCUT2D eigenvalue weighted by atomic mass is 10.0. The summed E-state index contributed by atoms with van der Waals surface area (Å²) in [6.45, 7) is 5.78. The minimum atomic E-state index is -0.964. The number of nitrogens with zero attached hydrogens (tertiary/aromatic N) is 3. The molecule has 0 spiro atoms. The third-order valence-electron chi connectivity index (χ3n) is 6.56. The number of carbonyl (C=O) groups is 4. The van der Waals surface area contributed by atoms with Crippen LogP contribution in [0, 0.1) is 5.82 Å². The molecule has 1 aromatic carbocycles. The number of thiazole rings is 1. The van der Waals surface area contributed by atoms with E-state index in [1.807, 2.05) is 6.92 Å². The summed E-state index contributed by atoms with van der Waals surface area (Å²) in [4.78, 5) is 59.9. The zero-order valence-electron chi connectivity index (χ0n) is 21.9. The summed E-state index contributed by atoms with van der Waals surface area (Å²) in [5.41, 5.74) is 0.110. The standard InChI is InChI=1S/C26H26ClFN6O5S/c1-4-9-39-21-19(28)13(27)10-16-20(21)32-24(40-16)26(2,3)33-25(38)30-17-7-5-12-14(29-17)11-34(23(12)37)15-6-8-18(35)31-22(15)36/h5,7,10,15H,4,6,8-9,11H2,1-3H3,(H,31,35,36)(H2,29,30,33,38). The van der Waals surface area contributed by atoms with E-state index in [0.29, 0.717) is 39.5 Å². The minimum Gasteiger partial charge on any atom is -0.488 e. The van der Waals surface area contributed by atoms with Crippen LogP contribution in [0.1, 0.15) is 61.1 Å². The molecule has 40 heavy (non-hydrogen) atoms. The molecule has 2 aliphatic rings. The average Bonchev–Trinajstić information content (AvgIpc) is 3.45. The van der Waals surface area contributed by atoms with Crippen molar-refractivity contribution in [1.29, 1.82) is 0 Å². The van der Waals surface area contributed by atoms with Crippen LogP contribution >= 0.6 is 22.9 Å². The second-order valence-corrected chi connectivity index (χ2v) is 11.4. The molecule has 5 amide bonds. The zero-order chi connectivity index (χ0) is 28.8. The molecule has 1 unspecified atom stereocenters. The van der Waals surface area contributed by atoms with Crippen LogP contribution in [-0.2, 0) is 21.7 Å². The van der Waals surface area contributed by atoms with Crippen LogP contribution in [0.2, 0.25) is 5.02 Å². The van der Waals surface area contributed by atoms with Crippen molar-refractivity contribution in [2.24, 2.45) is 0 Å². The molecule has 1 saturated heterocycles. The van der Waals surface area contributed by atoms with Gasteiger partial charge in [-0.3, -0.25) is 25.0 Å². The zero-order valence-corrected chi connectivity index (χ0v) is 23.5. The first-order chi connectivity index (χ1) is 19.0. The van der Waals surface area contributed by atoms with Crippen molar-refractivity contribution < 1.29 is 28.3 Å². The Morgan fingerprint density at radius 2 is 2.08 bits per heavy atom. The van der Waals surface area contributed by atoms with E-state index < -0.39 is 29.3 Å². The van der Waals surface area contributed by atoms with Gasteiger partial charge in [0.15, 0.2) is 11.6 Å². The number of anilines is 1. The molecule has 1 fully saturated rings. The number of urea groups is 1. The van der Waals surface area contributed by atoms with E-state index in [0.717, 1.165) is 0 Å². The monoisotopic (exact) mass is 588 g/mol. The molecule has 0 saturated carbocycles. The number of amides is 5. The minimum absolute atomic E-state index is 0.0182. The Balaban J connectivity index is 1.30. The Hall–Kier alpha value is -3.84. The SMILES string of the molecule is CCCOc1c(F)c(Cl)cc2sc(C(C)(C)NC(=O)Nc3ccc4c(n3)CN(C3CCC(=O)NC3=O)C4=O)nc12. The van der Waals surface area contributed by atoms with Gasteiger partial charge in [0.1, 0.15) is 22.4 Å². The summed E-state index contributed by atoms with van der Waals surface area (Å²) < 4.78 is 20.9. The molecule has 4 heterocycles. The van der Waals surface area contributed by atoms with Crippen LogP contribution in [0.4, 0.5) is 15.0 Å². The van der Waals surface area contributed by atoms with E-state index in [-0.39, 0.29) is 47.8 Å². The predicted molar refractivity (Wildman–Crippen MR) is 146 cm³/mol. The third-order valence-corrected chi connectivity index (χ3v) is 8.16. The Kier molecular flexibility index (Phi) is 7.36. The van der Waals surface area contributed by atoms with Crippen LogP contribution in [0.5, 0.6) is 5.75 Å². The summed E-state index contributed by atoms with van der Waals surface area (Å²) in [6, 6.07) is 3.19. The van der Waals surface area contributed by atoms with Crippen LogP contribution in [0.15, 0.2) is 18.2 Å². The number of aromatic nitrogens is 2. The Morgan fingerprint density at radius 3 is 2.80 bits per heavy atom. The Labute approximate surface area is 237 Å². The lowest BCUT2D eigenvalue weighted by Gasteiger charge is -2.29. The van der Waals surface area contributed by atoms with Gasteiger partial charge < -0.3 is 15.0 Å². The fourth-order valence-corrected chi connectivity index (χ4v) is 5.90. The number of hydrogen-bond donors (Lipinski definition) is 3. The molecule has 14 heteroatoms. The highest BCUT2D eigenvalue weighted by Crippen LogP contribution is 2.39. The van der Waals surface area contributed by atoms with E-state index in [2.05, 4.69) is 25.9 Å². The summed E-state index contributed by atoms with van der Waals surface area (Å²) in [6.07, 6.45) is 1.07. The molecule has 2 aromatic heterocycles. The van der Waals surface area contributed by atoms with E-state index >= 15 is 0 Å². The van der Waals surface area contributed by atoms with Gasteiger partial charge in [-0.05, 0) is 44.9 Å². The summed E-state index contributed by atoms with van der Waals surface area (Å²) in [5, 5.41) is 8.21. The van der Waals surface area contributed by atoms with Crippen LogP contribution in [0.25, 0.3) is 10.2 Å². The van der Waals surface area contributed by atoms with Gasteiger partial charge in [-0.1, -0.05) is 18.5 Å². The number of nitrogens with one attached hydrogen (secondary N) is 3. The van der Waals surface area contributed by atoms with E-state index in [1.54, 1.807) is 19.9 Å². The van der Waals surface area contributed by atoms with Crippen molar-refractivity contribution in [3.8, 4) is 5.75 Å². The van der Waals surface area contributed by atoms with E-state index in [9.17, 15) is 23.6 Å². The third kappa shape index (κ3) is 5.18. The van der Waals surface area contributed by atoms with Gasteiger partial charge in [0.2, 0.25) is 11.8 Å². The molecule has 2 aliphatic heterocycles. The van der Waals surface area contributed by atoms with Gasteiger partial charge in [-0.25, -0.2) is 19.2 Å². The molecule has 210 valence electrons. The van der Waals surface area contributed by atoms with E-state index in [1.165, 1.54) is 28.4 Å². The summed E-state index contributed by atoms with van der Waals surface area (Å²) >= 11 is 7.32. The molecule has 0 radical (unpaired) electrons. The second-order valence-electron chi connectivity index (χ2n) is 10.0. The molecule has 0 bridgehead atoms. The van der Waals surface area contributed by atoms with Crippen molar-refractivity contribution in [3.63, 3.8) is 0 Å².